The van der Waals surface area contributed by atoms with Gasteiger partial charge in [0.05, 0.1) is 23.2 Å². The number of allylic oxidation sites excluding steroid dienone is 3. The molecule has 3 atom stereocenters. The number of benzene rings is 2. The molecule has 2 aromatic rings. The van der Waals surface area contributed by atoms with E-state index in [-0.39, 0.29) is 30.3 Å². The molecule has 0 aliphatic heterocycles. The maximum atomic E-state index is 13.1. The van der Waals surface area contributed by atoms with Crippen molar-refractivity contribution >= 4 is 34.4 Å². The van der Waals surface area contributed by atoms with E-state index < -0.39 is 24.0 Å². The first kappa shape index (κ1) is 36.6. The van der Waals surface area contributed by atoms with Crippen LogP contribution >= 0.6 is 15.9 Å². The van der Waals surface area contributed by atoms with Crippen LogP contribution in [-0.2, 0) is 28.2 Å². The first-order valence-corrected chi connectivity index (χ1v) is 19.7. The third-order valence-electron chi connectivity index (χ3n) is 7.96. The van der Waals surface area contributed by atoms with Gasteiger partial charge < -0.3 is 13.9 Å². The van der Waals surface area contributed by atoms with E-state index in [1.54, 1.807) is 31.4 Å². The Morgan fingerprint density at radius 2 is 1.57 bits per heavy atom. The Balaban J connectivity index is 2.20. The highest BCUT2D eigenvalue weighted by atomic mass is 79.9. The Morgan fingerprint density at radius 3 is 2.14 bits per heavy atom. The van der Waals surface area contributed by atoms with Crippen LogP contribution in [0.4, 0.5) is 0 Å². The Hall–Kier alpha value is -1.59. The molecule has 0 aromatic heterocycles. The summed E-state index contributed by atoms with van der Waals surface area (Å²) in [5.41, 5.74) is 1.52. The van der Waals surface area contributed by atoms with Gasteiger partial charge in [-0.1, -0.05) is 104 Å². The summed E-state index contributed by atoms with van der Waals surface area (Å²) in [6.07, 6.45) is 8.05. The van der Waals surface area contributed by atoms with Gasteiger partial charge >= 0.3 is 0 Å². The Kier molecular flexibility index (Phi) is 15.9. The second kappa shape index (κ2) is 18.3. The third kappa shape index (κ3) is 11.5. The second-order valence-corrected chi connectivity index (χ2v) is 17.8. The van der Waals surface area contributed by atoms with Gasteiger partial charge in [0.2, 0.25) is 0 Å². The lowest BCUT2D eigenvalue weighted by Gasteiger charge is -2.43. The van der Waals surface area contributed by atoms with Crippen LogP contribution in [0.2, 0.25) is 18.1 Å². The van der Waals surface area contributed by atoms with E-state index >= 15 is 0 Å². The van der Waals surface area contributed by atoms with Crippen LogP contribution in [0.15, 0.2) is 82.7 Å². The van der Waals surface area contributed by atoms with Crippen molar-refractivity contribution in [2.75, 3.05) is 20.5 Å². The lowest BCUT2D eigenvalue weighted by molar-refractivity contribution is -0.117. The largest absolute Gasteiger partial charge is 0.412 e. The Bertz CT molecular complexity index is 1190. The zero-order valence-electron chi connectivity index (χ0n) is 26.1. The smallest absolute Gasteiger partial charge is 0.296 e. The molecule has 0 saturated heterocycles. The Labute approximate surface area is 263 Å². The first-order valence-electron chi connectivity index (χ1n) is 14.8. The number of hydrogen-bond donors (Lipinski definition) is 0. The number of rotatable bonds is 20. The van der Waals surface area contributed by atoms with Gasteiger partial charge in [-0.15, -0.1) is 0 Å². The quantitative estimate of drug-likeness (QED) is 0.0601. The average Bonchev–Trinajstić information content (AvgIpc) is 3.01. The maximum Gasteiger partial charge on any atom is 0.296 e. The lowest BCUT2D eigenvalue weighted by Crippen LogP contribution is -2.48. The molecule has 0 heterocycles. The molecule has 2 aromatic carbocycles. The molecule has 42 heavy (non-hydrogen) atoms. The van der Waals surface area contributed by atoms with Crippen LogP contribution in [0, 0.1) is 5.92 Å². The van der Waals surface area contributed by atoms with E-state index in [0.717, 1.165) is 42.1 Å². The van der Waals surface area contributed by atoms with Crippen molar-refractivity contribution in [2.24, 2.45) is 5.92 Å². The molecule has 0 spiro atoms. The van der Waals surface area contributed by atoms with E-state index in [4.69, 9.17) is 18.1 Å². The van der Waals surface area contributed by atoms with Crippen molar-refractivity contribution < 1.29 is 26.5 Å². The van der Waals surface area contributed by atoms with E-state index in [1.165, 1.54) is 0 Å². The van der Waals surface area contributed by atoms with Crippen LogP contribution in [0.5, 0.6) is 0 Å². The minimum absolute atomic E-state index is 0.0128. The van der Waals surface area contributed by atoms with Crippen molar-refractivity contribution in [3.63, 3.8) is 0 Å². The van der Waals surface area contributed by atoms with Crippen LogP contribution in [0.3, 0.4) is 0 Å². The molecule has 0 amide bonds. The summed E-state index contributed by atoms with van der Waals surface area (Å²) in [6.45, 7) is 10.9. The van der Waals surface area contributed by atoms with Crippen LogP contribution < -0.4 is 0 Å². The molecule has 9 heteroatoms. The summed E-state index contributed by atoms with van der Waals surface area (Å²) >= 11 is 3.30. The van der Waals surface area contributed by atoms with E-state index in [9.17, 15) is 8.42 Å². The minimum atomic E-state index is -3.95. The van der Waals surface area contributed by atoms with Gasteiger partial charge in [0.1, 0.15) is 6.79 Å². The normalized spacial score (nSPS) is 15.7. The van der Waals surface area contributed by atoms with Gasteiger partial charge in [0, 0.05) is 19.4 Å². The number of ether oxygens (including phenoxy) is 2. The molecule has 6 nitrogen and oxygen atoms in total. The van der Waals surface area contributed by atoms with Crippen LogP contribution in [0.1, 0.15) is 53.9 Å². The van der Waals surface area contributed by atoms with Crippen molar-refractivity contribution in [1.29, 1.82) is 0 Å². The van der Waals surface area contributed by atoms with Crippen molar-refractivity contribution in [3.8, 4) is 11.1 Å². The molecule has 0 radical (unpaired) electrons. The zero-order chi connectivity index (χ0) is 31.1. The Morgan fingerprint density at radius 1 is 0.952 bits per heavy atom. The molecule has 0 aliphatic rings. The van der Waals surface area contributed by atoms with Gasteiger partial charge in [0.15, 0.2) is 8.32 Å². The summed E-state index contributed by atoms with van der Waals surface area (Å²) in [7, 11) is -4.30. The third-order valence-corrected chi connectivity index (χ3v) is 14.4. The molecule has 2 rings (SSSR count). The van der Waals surface area contributed by atoms with E-state index in [2.05, 4.69) is 49.7 Å². The SMILES string of the molecule is CC[Si](CC)(CC)O[C@@](C)(CC/C=C/C=C\Br)C[C@H](OCOC)[C@@H](C)COS(=O)(=O)c1ccc(-c2ccccc2)cc1. The molecule has 0 saturated carbocycles. The molecule has 0 fully saturated rings. The summed E-state index contributed by atoms with van der Waals surface area (Å²) < 4.78 is 50.3. The molecular formula is C33H49BrO6SSi. The van der Waals surface area contributed by atoms with Crippen molar-refractivity contribution in [1.82, 2.24) is 0 Å². The highest BCUT2D eigenvalue weighted by molar-refractivity contribution is 9.11. The van der Waals surface area contributed by atoms with E-state index in [0.29, 0.717) is 6.42 Å². The first-order chi connectivity index (χ1) is 20.1. The average molecular weight is 682 g/mol. The molecule has 234 valence electrons. The van der Waals surface area contributed by atoms with Crippen molar-refractivity contribution in [2.45, 2.75) is 88.6 Å². The van der Waals surface area contributed by atoms with Gasteiger partial charge in [0.25, 0.3) is 10.1 Å². The highest BCUT2D eigenvalue weighted by Crippen LogP contribution is 2.36. The van der Waals surface area contributed by atoms with Crippen LogP contribution in [-0.4, -0.2) is 48.9 Å². The van der Waals surface area contributed by atoms with Crippen molar-refractivity contribution in [3.05, 3.63) is 77.8 Å². The van der Waals surface area contributed by atoms with Gasteiger partial charge in [-0.2, -0.15) is 8.42 Å². The maximum absolute atomic E-state index is 13.1. The predicted octanol–water partition coefficient (Wildman–Crippen LogP) is 9.10. The van der Waals surface area contributed by atoms with Gasteiger partial charge in [-0.3, -0.25) is 4.18 Å². The molecule has 0 unspecified atom stereocenters. The summed E-state index contributed by atoms with van der Waals surface area (Å²) in [5, 5.41) is 0. The molecule has 0 N–H and O–H groups in total. The highest BCUT2D eigenvalue weighted by Gasteiger charge is 2.40. The van der Waals surface area contributed by atoms with Crippen LogP contribution in [0.25, 0.3) is 11.1 Å². The number of halogens is 1. The molecular weight excluding hydrogens is 632 g/mol. The number of methoxy groups -OCH3 is 1. The summed E-state index contributed by atoms with van der Waals surface area (Å²) in [6, 6.07) is 19.8. The van der Waals surface area contributed by atoms with Gasteiger partial charge in [-0.25, -0.2) is 0 Å². The number of hydrogen-bond acceptors (Lipinski definition) is 6. The second-order valence-electron chi connectivity index (χ2n) is 11.0. The predicted molar refractivity (Wildman–Crippen MR) is 179 cm³/mol. The fourth-order valence-corrected chi connectivity index (χ4v) is 9.45. The van der Waals surface area contributed by atoms with Gasteiger partial charge in [-0.05, 0) is 66.1 Å². The van der Waals surface area contributed by atoms with E-state index in [1.807, 2.05) is 54.4 Å². The minimum Gasteiger partial charge on any atom is -0.412 e. The standard InChI is InChI=1S/C33H49BrO6SSi/c1-7-42(8-2,9-3)40-33(5,23-15-10-11-16-24-34)25-32(38-27-37-6)28(4)26-39-41(35,36)31-21-19-30(20-22-31)29-17-13-12-14-18-29/h10-14,16-22,24,28,32H,7-9,15,23,25-27H2,1-6H3/b11-10+,24-16-/t28-,32-,33-/m0/s1. The summed E-state index contributed by atoms with van der Waals surface area (Å²) in [4.78, 5) is 1.95. The fraction of sp³-hybridized carbons (Fsp3) is 0.515. The monoisotopic (exact) mass is 680 g/mol. The molecule has 0 bridgehead atoms. The summed E-state index contributed by atoms with van der Waals surface area (Å²) in [5.74, 6) is -0.228. The lowest BCUT2D eigenvalue weighted by atomic mass is 9.88. The molecule has 0 aliphatic carbocycles. The zero-order valence-corrected chi connectivity index (χ0v) is 29.5. The topological polar surface area (TPSA) is 71.1 Å². The fourth-order valence-electron chi connectivity index (χ4n) is 5.11.